The smallest absolute Gasteiger partial charge is 0.356 e. The zero-order valence-corrected chi connectivity index (χ0v) is 9.44. The Morgan fingerprint density at radius 3 is 3.12 bits per heavy atom. The normalized spacial score (nSPS) is 22.2. The molecule has 0 saturated carbocycles. The number of rotatable bonds is 3. The SMILES string of the molecule is CCN1CCCCC1c1cc(C(=O)O)n[nH]1. The van der Waals surface area contributed by atoms with Crippen LogP contribution in [0.2, 0.25) is 0 Å². The summed E-state index contributed by atoms with van der Waals surface area (Å²) >= 11 is 0. The van der Waals surface area contributed by atoms with Crippen molar-refractivity contribution in [3.8, 4) is 0 Å². The Labute approximate surface area is 94.5 Å². The molecule has 88 valence electrons. The summed E-state index contributed by atoms with van der Waals surface area (Å²) in [4.78, 5) is 13.1. The molecule has 5 nitrogen and oxygen atoms in total. The first-order valence-electron chi connectivity index (χ1n) is 5.75. The van der Waals surface area contributed by atoms with Crippen LogP contribution in [0.4, 0.5) is 0 Å². The van der Waals surface area contributed by atoms with Crippen molar-refractivity contribution in [1.29, 1.82) is 0 Å². The Morgan fingerprint density at radius 2 is 2.50 bits per heavy atom. The third-order valence-electron chi connectivity index (χ3n) is 3.20. The quantitative estimate of drug-likeness (QED) is 0.817. The van der Waals surface area contributed by atoms with Crippen LogP contribution in [0, 0.1) is 0 Å². The van der Waals surface area contributed by atoms with Crippen molar-refractivity contribution in [3.05, 3.63) is 17.5 Å². The van der Waals surface area contributed by atoms with Crippen molar-refractivity contribution in [2.24, 2.45) is 0 Å². The Balaban J connectivity index is 2.17. The number of piperidine rings is 1. The maximum Gasteiger partial charge on any atom is 0.356 e. The molecule has 0 aliphatic carbocycles. The lowest BCUT2D eigenvalue weighted by atomic mass is 9.99. The van der Waals surface area contributed by atoms with Gasteiger partial charge in [0.15, 0.2) is 5.69 Å². The molecule has 1 unspecified atom stereocenters. The number of aromatic nitrogens is 2. The summed E-state index contributed by atoms with van der Waals surface area (Å²) in [5, 5.41) is 15.5. The fraction of sp³-hybridized carbons (Fsp3) is 0.636. The van der Waals surface area contributed by atoms with Gasteiger partial charge in [-0.05, 0) is 32.0 Å². The van der Waals surface area contributed by atoms with Gasteiger partial charge in [0.05, 0.1) is 11.7 Å². The van der Waals surface area contributed by atoms with E-state index in [-0.39, 0.29) is 5.69 Å². The van der Waals surface area contributed by atoms with Crippen molar-refractivity contribution in [2.75, 3.05) is 13.1 Å². The van der Waals surface area contributed by atoms with E-state index in [4.69, 9.17) is 5.11 Å². The Hall–Kier alpha value is -1.36. The highest BCUT2D eigenvalue weighted by molar-refractivity contribution is 5.85. The molecule has 2 N–H and O–H groups in total. The standard InChI is InChI=1S/C11H17N3O2/c1-2-14-6-4-3-5-10(14)8-7-9(11(15)16)13-12-8/h7,10H,2-6H2,1H3,(H,12,13)(H,15,16). The van der Waals surface area contributed by atoms with Gasteiger partial charge in [-0.3, -0.25) is 10.00 Å². The number of hydrogen-bond donors (Lipinski definition) is 2. The number of nitrogens with one attached hydrogen (secondary N) is 1. The van der Waals surface area contributed by atoms with Gasteiger partial charge in [-0.25, -0.2) is 4.79 Å². The van der Waals surface area contributed by atoms with Crippen molar-refractivity contribution in [1.82, 2.24) is 15.1 Å². The maximum absolute atomic E-state index is 10.8. The van der Waals surface area contributed by atoms with Gasteiger partial charge in [0.1, 0.15) is 0 Å². The minimum atomic E-state index is -0.971. The van der Waals surface area contributed by atoms with Crippen LogP contribution in [-0.4, -0.2) is 39.3 Å². The summed E-state index contributed by atoms with van der Waals surface area (Å²) < 4.78 is 0. The molecule has 1 aliphatic rings. The van der Waals surface area contributed by atoms with E-state index in [2.05, 4.69) is 22.0 Å². The lowest BCUT2D eigenvalue weighted by molar-refractivity contribution is 0.0690. The molecular formula is C11H17N3O2. The van der Waals surface area contributed by atoms with Gasteiger partial charge in [-0.2, -0.15) is 5.10 Å². The van der Waals surface area contributed by atoms with Crippen LogP contribution in [0.3, 0.4) is 0 Å². The molecule has 1 atom stereocenters. The van der Waals surface area contributed by atoms with Crippen molar-refractivity contribution in [3.63, 3.8) is 0 Å². The first kappa shape index (κ1) is 11.1. The molecule has 1 fully saturated rings. The zero-order valence-electron chi connectivity index (χ0n) is 9.44. The van der Waals surface area contributed by atoms with Gasteiger partial charge >= 0.3 is 5.97 Å². The molecule has 5 heteroatoms. The number of carbonyl (C=O) groups is 1. The maximum atomic E-state index is 10.8. The fourth-order valence-electron chi connectivity index (χ4n) is 2.34. The highest BCUT2D eigenvalue weighted by Crippen LogP contribution is 2.29. The molecule has 1 aromatic heterocycles. The molecule has 0 bridgehead atoms. The highest BCUT2D eigenvalue weighted by atomic mass is 16.4. The van der Waals surface area contributed by atoms with E-state index in [0.717, 1.165) is 25.2 Å². The first-order chi connectivity index (χ1) is 7.72. The monoisotopic (exact) mass is 223 g/mol. The van der Waals surface area contributed by atoms with E-state index >= 15 is 0 Å². The van der Waals surface area contributed by atoms with Crippen LogP contribution in [0.5, 0.6) is 0 Å². The number of aromatic amines is 1. The largest absolute Gasteiger partial charge is 0.476 e. The average Bonchev–Trinajstić information content (AvgIpc) is 2.78. The molecule has 1 aliphatic heterocycles. The predicted octanol–water partition coefficient (Wildman–Crippen LogP) is 1.65. The van der Waals surface area contributed by atoms with Crippen LogP contribution in [0.15, 0.2) is 6.07 Å². The van der Waals surface area contributed by atoms with E-state index in [0.29, 0.717) is 6.04 Å². The lowest BCUT2D eigenvalue weighted by Crippen LogP contribution is -2.33. The van der Waals surface area contributed by atoms with Gasteiger partial charge in [-0.15, -0.1) is 0 Å². The van der Waals surface area contributed by atoms with Gasteiger partial charge < -0.3 is 5.11 Å². The van der Waals surface area contributed by atoms with E-state index in [1.807, 2.05) is 0 Å². The van der Waals surface area contributed by atoms with Crippen LogP contribution < -0.4 is 0 Å². The summed E-state index contributed by atoms with van der Waals surface area (Å²) in [5.74, 6) is -0.971. The fourth-order valence-corrected chi connectivity index (χ4v) is 2.34. The molecule has 0 spiro atoms. The molecule has 1 aromatic rings. The van der Waals surface area contributed by atoms with Crippen LogP contribution in [0.25, 0.3) is 0 Å². The molecule has 0 amide bonds. The van der Waals surface area contributed by atoms with Crippen molar-refractivity contribution < 1.29 is 9.90 Å². The molecule has 2 rings (SSSR count). The number of aromatic carboxylic acids is 1. The first-order valence-corrected chi connectivity index (χ1v) is 5.75. The summed E-state index contributed by atoms with van der Waals surface area (Å²) in [7, 11) is 0. The second-order valence-electron chi connectivity index (χ2n) is 4.15. The molecular weight excluding hydrogens is 206 g/mol. The van der Waals surface area contributed by atoms with E-state index in [9.17, 15) is 4.79 Å². The Bertz CT molecular complexity index is 375. The van der Waals surface area contributed by atoms with E-state index in [1.165, 1.54) is 12.8 Å². The second kappa shape index (κ2) is 4.65. The van der Waals surface area contributed by atoms with Crippen LogP contribution >= 0.6 is 0 Å². The molecule has 0 radical (unpaired) electrons. The van der Waals surface area contributed by atoms with Gasteiger partial charge in [0.2, 0.25) is 0 Å². The molecule has 16 heavy (non-hydrogen) atoms. The Morgan fingerprint density at radius 1 is 1.69 bits per heavy atom. The van der Waals surface area contributed by atoms with E-state index in [1.54, 1.807) is 6.07 Å². The van der Waals surface area contributed by atoms with Gasteiger partial charge in [0, 0.05) is 0 Å². The molecule has 2 heterocycles. The number of carboxylic acid groups (broad SMARTS) is 1. The number of nitrogens with zero attached hydrogens (tertiary/aromatic N) is 2. The minimum Gasteiger partial charge on any atom is -0.476 e. The predicted molar refractivity (Wildman–Crippen MR) is 59.4 cm³/mol. The van der Waals surface area contributed by atoms with Crippen LogP contribution in [0.1, 0.15) is 48.4 Å². The van der Waals surface area contributed by atoms with E-state index < -0.39 is 5.97 Å². The topological polar surface area (TPSA) is 69.2 Å². The summed E-state index contributed by atoms with van der Waals surface area (Å²) in [5.41, 5.74) is 1.04. The third-order valence-corrected chi connectivity index (χ3v) is 3.20. The van der Waals surface area contributed by atoms with Gasteiger partial charge in [0.25, 0.3) is 0 Å². The second-order valence-corrected chi connectivity index (χ2v) is 4.15. The summed E-state index contributed by atoms with van der Waals surface area (Å²) in [6.45, 7) is 4.21. The minimum absolute atomic E-state index is 0.108. The summed E-state index contributed by atoms with van der Waals surface area (Å²) in [6.07, 6.45) is 3.50. The van der Waals surface area contributed by atoms with Crippen molar-refractivity contribution >= 4 is 5.97 Å². The third kappa shape index (κ3) is 2.09. The zero-order chi connectivity index (χ0) is 11.5. The lowest BCUT2D eigenvalue weighted by Gasteiger charge is -2.33. The highest BCUT2D eigenvalue weighted by Gasteiger charge is 2.24. The average molecular weight is 223 g/mol. The van der Waals surface area contributed by atoms with Gasteiger partial charge in [-0.1, -0.05) is 13.3 Å². The number of carboxylic acids is 1. The number of H-pyrrole nitrogens is 1. The number of likely N-dealkylation sites (tertiary alicyclic amines) is 1. The van der Waals surface area contributed by atoms with Crippen LogP contribution in [-0.2, 0) is 0 Å². The molecule has 0 aromatic carbocycles. The summed E-state index contributed by atoms with van der Waals surface area (Å²) in [6, 6.07) is 1.96. The Kier molecular flexibility index (Phi) is 3.24. The van der Waals surface area contributed by atoms with Crippen molar-refractivity contribution in [2.45, 2.75) is 32.2 Å². The molecule has 1 saturated heterocycles. The number of hydrogen-bond acceptors (Lipinski definition) is 3.